The Morgan fingerprint density at radius 2 is 1.76 bits per heavy atom. The molecule has 104 valence electrons. The summed E-state index contributed by atoms with van der Waals surface area (Å²) in [5.74, 6) is 0. The van der Waals surface area contributed by atoms with Gasteiger partial charge in [0, 0.05) is 17.1 Å². The van der Waals surface area contributed by atoms with Crippen molar-refractivity contribution in [2.45, 2.75) is 23.6 Å². The predicted molar refractivity (Wildman–Crippen MR) is 85.1 cm³/mol. The van der Waals surface area contributed by atoms with Crippen LogP contribution in [0.3, 0.4) is 0 Å². The summed E-state index contributed by atoms with van der Waals surface area (Å²) < 4.78 is 25.9. The summed E-state index contributed by atoms with van der Waals surface area (Å²) in [7, 11) is 2.12. The third-order valence-electron chi connectivity index (χ3n) is 3.66. The van der Waals surface area contributed by atoms with Crippen LogP contribution in [-0.4, -0.2) is 21.2 Å². The topological polar surface area (TPSA) is 49.9 Å². The van der Waals surface area contributed by atoms with Crippen LogP contribution in [0.25, 0.3) is 10.9 Å². The van der Waals surface area contributed by atoms with Crippen molar-refractivity contribution in [3.05, 3.63) is 53.7 Å². The minimum atomic E-state index is -3.58. The molecule has 3 rings (SSSR count). The van der Waals surface area contributed by atoms with Gasteiger partial charge in [0.15, 0.2) is 0 Å². The first kappa shape index (κ1) is 14.0. The Balaban J connectivity index is 2.31. The van der Waals surface area contributed by atoms with Gasteiger partial charge in [0.05, 0.1) is 9.79 Å². The fourth-order valence-electron chi connectivity index (χ4n) is 2.64. The number of aromatic amines is 1. The van der Waals surface area contributed by atoms with E-state index in [0.29, 0.717) is 20.8 Å². The molecule has 1 heterocycles. The summed E-state index contributed by atoms with van der Waals surface area (Å²) in [5.41, 5.74) is 2.96. The Labute approximate surface area is 125 Å². The van der Waals surface area contributed by atoms with Crippen molar-refractivity contribution in [2.24, 2.45) is 0 Å². The molecule has 0 saturated carbocycles. The Bertz CT molecular complexity index is 942. The number of aryl methyl sites for hydroxylation is 2. The number of fused-ring (bicyclic) bond motifs is 1. The lowest BCUT2D eigenvalue weighted by atomic mass is 9.95. The highest BCUT2D eigenvalue weighted by atomic mass is 32.2. The molecule has 2 radical (unpaired) electrons. The van der Waals surface area contributed by atoms with E-state index in [9.17, 15) is 8.42 Å². The lowest BCUT2D eigenvalue weighted by Gasteiger charge is -2.09. The molecule has 0 atom stereocenters. The molecule has 21 heavy (non-hydrogen) atoms. The molecule has 0 fully saturated rings. The van der Waals surface area contributed by atoms with E-state index in [0.717, 1.165) is 16.5 Å². The number of aromatic nitrogens is 1. The van der Waals surface area contributed by atoms with Crippen LogP contribution in [-0.2, 0) is 9.84 Å². The second kappa shape index (κ2) is 4.77. The molecule has 1 aromatic heterocycles. The largest absolute Gasteiger partial charge is 0.360 e. The van der Waals surface area contributed by atoms with Crippen molar-refractivity contribution < 1.29 is 8.42 Å². The maximum Gasteiger partial charge on any atom is 0.208 e. The molecule has 0 bridgehead atoms. The molecule has 3 nitrogen and oxygen atoms in total. The zero-order valence-corrected chi connectivity index (χ0v) is 12.7. The smallest absolute Gasteiger partial charge is 0.208 e. The Morgan fingerprint density at radius 3 is 2.48 bits per heavy atom. The normalized spacial score (nSPS) is 11.9. The van der Waals surface area contributed by atoms with Crippen molar-refractivity contribution >= 4 is 34.0 Å². The van der Waals surface area contributed by atoms with Crippen LogP contribution < -0.4 is 5.46 Å². The molecule has 3 aromatic rings. The van der Waals surface area contributed by atoms with Crippen LogP contribution in [0, 0.1) is 13.8 Å². The minimum absolute atomic E-state index is 0.292. The van der Waals surface area contributed by atoms with Gasteiger partial charge in [-0.25, -0.2) is 8.42 Å². The van der Waals surface area contributed by atoms with E-state index in [2.05, 4.69) is 4.98 Å². The number of hydrogen-bond acceptors (Lipinski definition) is 2. The van der Waals surface area contributed by atoms with Crippen LogP contribution in [0.5, 0.6) is 0 Å². The number of sulfone groups is 1. The first-order chi connectivity index (χ1) is 9.91. The van der Waals surface area contributed by atoms with Gasteiger partial charge in [-0.3, -0.25) is 0 Å². The molecule has 0 aliphatic carbocycles. The highest BCUT2D eigenvalue weighted by Gasteiger charge is 2.24. The quantitative estimate of drug-likeness (QED) is 0.738. The zero-order chi connectivity index (χ0) is 15.2. The molecule has 5 heteroatoms. The van der Waals surface area contributed by atoms with Gasteiger partial charge < -0.3 is 4.98 Å². The van der Waals surface area contributed by atoms with Crippen molar-refractivity contribution in [2.75, 3.05) is 0 Å². The monoisotopic (exact) mass is 295 g/mol. The van der Waals surface area contributed by atoms with Crippen molar-refractivity contribution in [3.63, 3.8) is 0 Å². The number of rotatable bonds is 2. The van der Waals surface area contributed by atoms with Gasteiger partial charge in [-0.15, -0.1) is 0 Å². The zero-order valence-electron chi connectivity index (χ0n) is 11.8. The molecule has 0 unspecified atom stereocenters. The fraction of sp³-hybridized carbons (Fsp3) is 0.125. The first-order valence-corrected chi connectivity index (χ1v) is 8.07. The van der Waals surface area contributed by atoms with Gasteiger partial charge in [0.2, 0.25) is 9.84 Å². The minimum Gasteiger partial charge on any atom is -0.360 e. The maximum atomic E-state index is 12.9. The van der Waals surface area contributed by atoms with Crippen LogP contribution in [0.4, 0.5) is 0 Å². The molecule has 0 saturated heterocycles. The fourth-order valence-corrected chi connectivity index (χ4v) is 4.36. The molecular weight excluding hydrogens is 281 g/mol. The lowest BCUT2D eigenvalue weighted by molar-refractivity contribution is 0.596. The van der Waals surface area contributed by atoms with Gasteiger partial charge in [-0.05, 0) is 37.1 Å². The number of benzene rings is 2. The maximum absolute atomic E-state index is 12.9. The molecule has 0 amide bonds. The molecule has 0 aliphatic heterocycles. The van der Waals surface area contributed by atoms with Gasteiger partial charge >= 0.3 is 0 Å². The lowest BCUT2D eigenvalue weighted by Crippen LogP contribution is -2.09. The summed E-state index contributed by atoms with van der Waals surface area (Å²) in [6.07, 6.45) is 1.56. The van der Waals surface area contributed by atoms with E-state index >= 15 is 0 Å². The highest BCUT2D eigenvalue weighted by molar-refractivity contribution is 7.91. The molecule has 1 N–H and O–H groups in total. The number of nitrogens with one attached hydrogen (secondary N) is 1. The first-order valence-electron chi connectivity index (χ1n) is 6.59. The van der Waals surface area contributed by atoms with Gasteiger partial charge in [-0.2, -0.15) is 0 Å². The SMILES string of the molecule is [B]c1ccc(S(=O)(=O)c2c[nH]c3cccc(C)c23)c(C)c1. The average molecular weight is 295 g/mol. The Morgan fingerprint density at radius 1 is 1.00 bits per heavy atom. The van der Waals surface area contributed by atoms with Crippen LogP contribution in [0.2, 0.25) is 0 Å². The van der Waals surface area contributed by atoms with Crippen molar-refractivity contribution in [1.82, 2.24) is 4.98 Å². The average Bonchev–Trinajstić information content (AvgIpc) is 2.84. The summed E-state index contributed by atoms with van der Waals surface area (Å²) in [6, 6.07) is 10.5. The van der Waals surface area contributed by atoms with Gasteiger partial charge in [0.1, 0.15) is 7.85 Å². The van der Waals surface area contributed by atoms with Crippen LogP contribution in [0.1, 0.15) is 11.1 Å². The summed E-state index contributed by atoms with van der Waals surface area (Å²) in [6.45, 7) is 3.66. The standard InChI is InChI=1S/C16H14BNO2S/c1-10-4-3-5-13-16(10)15(9-18-13)21(19,20)14-7-6-12(17)8-11(14)2/h3-9,18H,1-2H3. The molecule has 0 spiro atoms. The molecular formula is C16H14BNO2S. The predicted octanol–water partition coefficient (Wildman–Crippen LogP) is 2.41. The van der Waals surface area contributed by atoms with Gasteiger partial charge in [-0.1, -0.05) is 29.7 Å². The Hall–Kier alpha value is -2.01. The second-order valence-corrected chi connectivity index (χ2v) is 7.07. The Kier molecular flexibility index (Phi) is 3.17. The third-order valence-corrected chi connectivity index (χ3v) is 5.59. The van der Waals surface area contributed by atoms with Crippen molar-refractivity contribution in [3.8, 4) is 0 Å². The summed E-state index contributed by atoms with van der Waals surface area (Å²) in [4.78, 5) is 3.63. The summed E-state index contributed by atoms with van der Waals surface area (Å²) in [5, 5.41) is 0.744. The van der Waals surface area contributed by atoms with E-state index in [-0.39, 0.29) is 0 Å². The van der Waals surface area contributed by atoms with E-state index in [1.807, 2.05) is 25.1 Å². The summed E-state index contributed by atoms with van der Waals surface area (Å²) >= 11 is 0. The van der Waals surface area contributed by atoms with Gasteiger partial charge in [0.25, 0.3) is 0 Å². The van der Waals surface area contributed by atoms with Crippen molar-refractivity contribution in [1.29, 1.82) is 0 Å². The molecule has 2 aromatic carbocycles. The second-order valence-electron chi connectivity index (χ2n) is 5.18. The molecule has 0 aliphatic rings. The van der Waals surface area contributed by atoms with Crippen LogP contribution in [0.15, 0.2) is 52.4 Å². The number of H-pyrrole nitrogens is 1. The van der Waals surface area contributed by atoms with E-state index in [1.54, 1.807) is 31.3 Å². The number of hydrogen-bond donors (Lipinski definition) is 1. The van der Waals surface area contributed by atoms with E-state index in [1.165, 1.54) is 0 Å². The van der Waals surface area contributed by atoms with Crippen LogP contribution >= 0.6 is 0 Å². The third kappa shape index (κ3) is 2.18. The highest BCUT2D eigenvalue weighted by Crippen LogP contribution is 2.31. The van der Waals surface area contributed by atoms with E-state index in [4.69, 9.17) is 7.85 Å². The van der Waals surface area contributed by atoms with E-state index < -0.39 is 9.84 Å².